The Kier molecular flexibility index (Phi) is 4.33. The molecule has 1 amide bonds. The molecule has 0 rings (SSSR count). The lowest BCUT2D eigenvalue weighted by molar-refractivity contribution is -0.141. The summed E-state index contributed by atoms with van der Waals surface area (Å²) in [5.74, 6) is -1.33. The molecule has 2 atom stereocenters. The summed E-state index contributed by atoms with van der Waals surface area (Å²) in [7, 11) is 0. The zero-order valence-electron chi connectivity index (χ0n) is 7.63. The molecule has 0 aromatic carbocycles. The molecule has 0 aromatic rings. The standard InChI is InChI=1S/C8H15NO3/c1-4-5(2)7(10)9-6(3)8(11)12/h5-6H,4H2,1-3H3,(H,9,10)(H,11,12)/t5?,6-/m0/s1. The molecule has 0 saturated carbocycles. The van der Waals surface area contributed by atoms with Crippen LogP contribution in [0, 0.1) is 5.92 Å². The number of hydrogen-bond acceptors (Lipinski definition) is 2. The maximum absolute atomic E-state index is 11.1. The molecule has 70 valence electrons. The molecular weight excluding hydrogens is 158 g/mol. The van der Waals surface area contributed by atoms with Gasteiger partial charge in [0.1, 0.15) is 6.04 Å². The van der Waals surface area contributed by atoms with Crippen molar-refractivity contribution in [3.63, 3.8) is 0 Å². The fraction of sp³-hybridized carbons (Fsp3) is 0.750. The average Bonchev–Trinajstić information content (AvgIpc) is 2.02. The molecule has 4 nitrogen and oxygen atoms in total. The Bertz CT molecular complexity index is 179. The van der Waals surface area contributed by atoms with Gasteiger partial charge in [-0.25, -0.2) is 0 Å². The van der Waals surface area contributed by atoms with Crippen molar-refractivity contribution in [2.45, 2.75) is 33.2 Å². The summed E-state index contributed by atoms with van der Waals surface area (Å²) in [6, 6.07) is -0.800. The first-order valence-corrected chi connectivity index (χ1v) is 4.02. The van der Waals surface area contributed by atoms with Crippen LogP contribution in [-0.2, 0) is 9.59 Å². The van der Waals surface area contributed by atoms with Gasteiger partial charge in [-0.05, 0) is 13.3 Å². The quantitative estimate of drug-likeness (QED) is 0.655. The number of hydrogen-bond donors (Lipinski definition) is 2. The fourth-order valence-electron chi connectivity index (χ4n) is 0.603. The van der Waals surface area contributed by atoms with Gasteiger partial charge in [0.2, 0.25) is 5.91 Å². The number of amides is 1. The SMILES string of the molecule is CCC(C)C(=O)N[C@@H](C)C(=O)O. The molecule has 0 aliphatic rings. The molecule has 0 aliphatic heterocycles. The number of carboxylic acids is 1. The van der Waals surface area contributed by atoms with Gasteiger partial charge in [-0.2, -0.15) is 0 Å². The molecule has 0 heterocycles. The summed E-state index contributed by atoms with van der Waals surface area (Å²) in [5, 5.41) is 10.9. The number of carbonyl (C=O) groups is 2. The van der Waals surface area contributed by atoms with Crippen molar-refractivity contribution in [3.05, 3.63) is 0 Å². The second-order valence-corrected chi connectivity index (χ2v) is 2.88. The predicted octanol–water partition coefficient (Wildman–Crippen LogP) is 0.622. The van der Waals surface area contributed by atoms with Crippen molar-refractivity contribution >= 4 is 11.9 Å². The minimum atomic E-state index is -1.01. The Morgan fingerprint density at radius 1 is 1.42 bits per heavy atom. The summed E-state index contributed by atoms with van der Waals surface area (Å²) in [6.07, 6.45) is 0.720. The van der Waals surface area contributed by atoms with E-state index in [0.29, 0.717) is 0 Å². The van der Waals surface area contributed by atoms with Gasteiger partial charge in [0, 0.05) is 5.92 Å². The lowest BCUT2D eigenvalue weighted by Crippen LogP contribution is -2.40. The summed E-state index contributed by atoms with van der Waals surface area (Å²) in [6.45, 7) is 5.10. The molecule has 0 saturated heterocycles. The van der Waals surface area contributed by atoms with Gasteiger partial charge in [0.05, 0.1) is 0 Å². The van der Waals surface area contributed by atoms with Gasteiger partial charge in [-0.3, -0.25) is 9.59 Å². The molecule has 2 N–H and O–H groups in total. The van der Waals surface area contributed by atoms with Crippen LogP contribution in [0.2, 0.25) is 0 Å². The Morgan fingerprint density at radius 3 is 2.25 bits per heavy atom. The summed E-state index contributed by atoms with van der Waals surface area (Å²) < 4.78 is 0. The largest absolute Gasteiger partial charge is 0.480 e. The lowest BCUT2D eigenvalue weighted by Gasteiger charge is -2.12. The van der Waals surface area contributed by atoms with E-state index in [2.05, 4.69) is 5.32 Å². The van der Waals surface area contributed by atoms with Crippen LogP contribution in [0.15, 0.2) is 0 Å². The van der Waals surface area contributed by atoms with Gasteiger partial charge in [-0.15, -0.1) is 0 Å². The Morgan fingerprint density at radius 2 is 1.92 bits per heavy atom. The third kappa shape index (κ3) is 3.37. The van der Waals surface area contributed by atoms with E-state index in [1.54, 1.807) is 6.92 Å². The van der Waals surface area contributed by atoms with Gasteiger partial charge in [0.25, 0.3) is 0 Å². The van der Waals surface area contributed by atoms with E-state index >= 15 is 0 Å². The minimum Gasteiger partial charge on any atom is -0.480 e. The highest BCUT2D eigenvalue weighted by atomic mass is 16.4. The van der Waals surface area contributed by atoms with Gasteiger partial charge in [0.15, 0.2) is 0 Å². The van der Waals surface area contributed by atoms with E-state index in [4.69, 9.17) is 5.11 Å². The number of rotatable bonds is 4. The van der Waals surface area contributed by atoms with Crippen molar-refractivity contribution in [2.24, 2.45) is 5.92 Å². The Hall–Kier alpha value is -1.06. The van der Waals surface area contributed by atoms with Gasteiger partial charge >= 0.3 is 5.97 Å². The van der Waals surface area contributed by atoms with Crippen LogP contribution in [0.5, 0.6) is 0 Å². The molecule has 4 heteroatoms. The average molecular weight is 173 g/mol. The van der Waals surface area contributed by atoms with E-state index in [9.17, 15) is 9.59 Å². The maximum Gasteiger partial charge on any atom is 0.325 e. The van der Waals surface area contributed by atoms with E-state index in [1.165, 1.54) is 6.92 Å². The van der Waals surface area contributed by atoms with Gasteiger partial charge in [-0.1, -0.05) is 13.8 Å². The van der Waals surface area contributed by atoms with Crippen LogP contribution >= 0.6 is 0 Å². The first-order valence-electron chi connectivity index (χ1n) is 4.02. The fourth-order valence-corrected chi connectivity index (χ4v) is 0.603. The second-order valence-electron chi connectivity index (χ2n) is 2.88. The molecular formula is C8H15NO3. The van der Waals surface area contributed by atoms with Crippen molar-refractivity contribution in [3.8, 4) is 0 Å². The van der Waals surface area contributed by atoms with Crippen LogP contribution in [0.4, 0.5) is 0 Å². The third-order valence-corrected chi connectivity index (χ3v) is 1.79. The number of aliphatic carboxylic acids is 1. The Balaban J connectivity index is 3.92. The van der Waals surface area contributed by atoms with Crippen LogP contribution < -0.4 is 5.32 Å². The normalized spacial score (nSPS) is 14.9. The topological polar surface area (TPSA) is 66.4 Å². The molecule has 0 bridgehead atoms. The molecule has 12 heavy (non-hydrogen) atoms. The zero-order valence-corrected chi connectivity index (χ0v) is 7.63. The molecule has 0 radical (unpaired) electrons. The van der Waals surface area contributed by atoms with Crippen molar-refractivity contribution < 1.29 is 14.7 Å². The highest BCUT2D eigenvalue weighted by Gasteiger charge is 2.17. The van der Waals surface area contributed by atoms with Crippen molar-refractivity contribution in [1.82, 2.24) is 5.32 Å². The first kappa shape index (κ1) is 10.9. The molecule has 0 aliphatic carbocycles. The van der Waals surface area contributed by atoms with Crippen molar-refractivity contribution in [2.75, 3.05) is 0 Å². The Labute approximate surface area is 72.0 Å². The predicted molar refractivity (Wildman–Crippen MR) is 44.7 cm³/mol. The number of carbonyl (C=O) groups excluding carboxylic acids is 1. The van der Waals surface area contributed by atoms with Crippen molar-refractivity contribution in [1.29, 1.82) is 0 Å². The minimum absolute atomic E-state index is 0.119. The van der Waals surface area contributed by atoms with Crippen LogP contribution in [-0.4, -0.2) is 23.0 Å². The molecule has 0 aromatic heterocycles. The highest BCUT2D eigenvalue weighted by Crippen LogP contribution is 2.00. The van der Waals surface area contributed by atoms with Crippen LogP contribution in [0.3, 0.4) is 0 Å². The van der Waals surface area contributed by atoms with E-state index < -0.39 is 12.0 Å². The number of nitrogens with one attached hydrogen (secondary N) is 1. The summed E-state index contributed by atoms with van der Waals surface area (Å²) >= 11 is 0. The highest BCUT2D eigenvalue weighted by molar-refractivity contribution is 5.84. The van der Waals surface area contributed by atoms with E-state index in [-0.39, 0.29) is 11.8 Å². The monoisotopic (exact) mass is 173 g/mol. The van der Waals surface area contributed by atoms with Crippen LogP contribution in [0.1, 0.15) is 27.2 Å². The third-order valence-electron chi connectivity index (χ3n) is 1.79. The molecule has 1 unspecified atom stereocenters. The molecule has 0 fully saturated rings. The van der Waals surface area contributed by atoms with E-state index in [0.717, 1.165) is 6.42 Å². The lowest BCUT2D eigenvalue weighted by atomic mass is 10.1. The maximum atomic E-state index is 11.1. The zero-order chi connectivity index (χ0) is 9.72. The van der Waals surface area contributed by atoms with Gasteiger partial charge < -0.3 is 10.4 Å². The first-order chi connectivity index (χ1) is 5.49. The number of carboxylic acid groups (broad SMARTS) is 1. The summed E-state index contributed by atoms with van der Waals surface area (Å²) in [4.78, 5) is 21.4. The van der Waals surface area contributed by atoms with E-state index in [1.807, 2.05) is 6.92 Å². The smallest absolute Gasteiger partial charge is 0.325 e. The molecule has 0 spiro atoms. The second kappa shape index (κ2) is 4.74. The van der Waals surface area contributed by atoms with Crippen LogP contribution in [0.25, 0.3) is 0 Å². The summed E-state index contributed by atoms with van der Waals surface area (Å²) in [5.41, 5.74) is 0.